The lowest BCUT2D eigenvalue weighted by molar-refractivity contribution is -0.113. The van der Waals surface area contributed by atoms with Crippen LogP contribution in [0.15, 0.2) is 41.6 Å². The molecule has 2 rings (SSSR count). The van der Waals surface area contributed by atoms with Crippen LogP contribution in [0, 0.1) is 0 Å². The van der Waals surface area contributed by atoms with Crippen LogP contribution in [0.3, 0.4) is 0 Å². The number of halogens is 1. The molecule has 7 heteroatoms. The molecule has 0 bridgehead atoms. The first-order valence-corrected chi connectivity index (χ1v) is 7.42. The first-order valence-electron chi connectivity index (χ1n) is 6.06. The first kappa shape index (κ1) is 15.5. The zero-order valence-corrected chi connectivity index (χ0v) is 12.9. The molecule has 0 fully saturated rings. The van der Waals surface area contributed by atoms with Crippen molar-refractivity contribution >= 4 is 40.6 Å². The molecule has 110 valence electrons. The molecule has 0 saturated carbocycles. The Balaban J connectivity index is 1.99. The summed E-state index contributed by atoms with van der Waals surface area (Å²) in [4.78, 5) is 16.7. The number of nitrogens with two attached hydrogens (primary N) is 1. The fraction of sp³-hybridized carbons (Fsp3) is 0.143. The Kier molecular flexibility index (Phi) is 5.30. The Labute approximate surface area is 131 Å². The van der Waals surface area contributed by atoms with Gasteiger partial charge in [-0.3, -0.25) is 9.78 Å². The molecule has 0 aliphatic rings. The molecular formula is C14H14ClN3O2S. The van der Waals surface area contributed by atoms with E-state index in [1.807, 2.05) is 0 Å². The third-order valence-electron chi connectivity index (χ3n) is 2.60. The van der Waals surface area contributed by atoms with Crippen molar-refractivity contribution in [2.45, 2.75) is 4.90 Å². The SMILES string of the molecule is COc1ccc(Cl)cc1NC(=O)CSc1ccncc1N. The largest absolute Gasteiger partial charge is 0.495 e. The van der Waals surface area contributed by atoms with Gasteiger partial charge >= 0.3 is 0 Å². The number of nitrogens with one attached hydrogen (secondary N) is 1. The van der Waals surface area contributed by atoms with Crippen molar-refractivity contribution in [2.75, 3.05) is 23.9 Å². The van der Waals surface area contributed by atoms with Crippen molar-refractivity contribution in [1.29, 1.82) is 0 Å². The maximum absolute atomic E-state index is 12.0. The van der Waals surface area contributed by atoms with Gasteiger partial charge in [-0.25, -0.2) is 0 Å². The lowest BCUT2D eigenvalue weighted by Crippen LogP contribution is -2.14. The molecule has 0 spiro atoms. The van der Waals surface area contributed by atoms with Crippen LogP contribution >= 0.6 is 23.4 Å². The van der Waals surface area contributed by atoms with Crippen LogP contribution in [0.5, 0.6) is 5.75 Å². The monoisotopic (exact) mass is 323 g/mol. The van der Waals surface area contributed by atoms with Gasteiger partial charge in [0.1, 0.15) is 5.75 Å². The van der Waals surface area contributed by atoms with E-state index in [9.17, 15) is 4.79 Å². The van der Waals surface area contributed by atoms with Crippen molar-refractivity contribution in [2.24, 2.45) is 0 Å². The number of aromatic nitrogens is 1. The average Bonchev–Trinajstić information content (AvgIpc) is 2.47. The normalized spacial score (nSPS) is 10.2. The molecule has 1 amide bonds. The van der Waals surface area contributed by atoms with Gasteiger partial charge in [0.2, 0.25) is 5.91 Å². The molecule has 0 aliphatic carbocycles. The maximum Gasteiger partial charge on any atom is 0.234 e. The van der Waals surface area contributed by atoms with Gasteiger partial charge in [-0.1, -0.05) is 11.6 Å². The van der Waals surface area contributed by atoms with E-state index in [1.165, 1.54) is 18.9 Å². The molecule has 3 N–H and O–H groups in total. The molecule has 0 radical (unpaired) electrons. The number of nitrogen functional groups attached to an aromatic ring is 1. The molecule has 1 aromatic heterocycles. The van der Waals surface area contributed by atoms with E-state index in [0.29, 0.717) is 22.1 Å². The van der Waals surface area contributed by atoms with E-state index in [2.05, 4.69) is 10.3 Å². The fourth-order valence-corrected chi connectivity index (χ4v) is 2.54. The van der Waals surface area contributed by atoms with Crippen LogP contribution in [-0.2, 0) is 4.79 Å². The number of carbonyl (C=O) groups is 1. The topological polar surface area (TPSA) is 77.2 Å². The van der Waals surface area contributed by atoms with E-state index in [-0.39, 0.29) is 11.7 Å². The Morgan fingerprint density at radius 1 is 1.48 bits per heavy atom. The first-order chi connectivity index (χ1) is 10.1. The zero-order valence-electron chi connectivity index (χ0n) is 11.3. The van der Waals surface area contributed by atoms with Crippen LogP contribution in [0.1, 0.15) is 0 Å². The van der Waals surface area contributed by atoms with Crippen molar-refractivity contribution in [3.63, 3.8) is 0 Å². The predicted molar refractivity (Wildman–Crippen MR) is 86.0 cm³/mol. The molecule has 5 nitrogen and oxygen atoms in total. The fourth-order valence-electron chi connectivity index (χ4n) is 1.63. The number of hydrogen-bond donors (Lipinski definition) is 2. The minimum atomic E-state index is -0.170. The molecule has 2 aromatic rings. The number of ether oxygens (including phenoxy) is 1. The van der Waals surface area contributed by atoms with Crippen LogP contribution < -0.4 is 15.8 Å². The van der Waals surface area contributed by atoms with E-state index >= 15 is 0 Å². The highest BCUT2D eigenvalue weighted by molar-refractivity contribution is 8.00. The van der Waals surface area contributed by atoms with Gasteiger partial charge < -0.3 is 15.8 Å². The third kappa shape index (κ3) is 4.27. The Bertz CT molecular complexity index is 652. The van der Waals surface area contributed by atoms with Gasteiger partial charge in [0.25, 0.3) is 0 Å². The lowest BCUT2D eigenvalue weighted by atomic mass is 10.3. The summed E-state index contributed by atoms with van der Waals surface area (Å²) in [6.45, 7) is 0. The highest BCUT2D eigenvalue weighted by Gasteiger charge is 2.09. The van der Waals surface area contributed by atoms with Gasteiger partial charge in [0, 0.05) is 16.1 Å². The van der Waals surface area contributed by atoms with Gasteiger partial charge in [-0.15, -0.1) is 11.8 Å². The molecule has 0 unspecified atom stereocenters. The second-order valence-corrected chi connectivity index (χ2v) is 5.55. The second kappa shape index (κ2) is 7.19. The highest BCUT2D eigenvalue weighted by Crippen LogP contribution is 2.28. The average molecular weight is 324 g/mol. The number of amides is 1. The summed E-state index contributed by atoms with van der Waals surface area (Å²) in [5, 5.41) is 3.29. The van der Waals surface area contributed by atoms with Crippen molar-refractivity contribution in [1.82, 2.24) is 4.98 Å². The summed E-state index contributed by atoms with van der Waals surface area (Å²) >= 11 is 7.26. The predicted octanol–water partition coefficient (Wildman–Crippen LogP) is 3.06. The lowest BCUT2D eigenvalue weighted by Gasteiger charge is -2.10. The van der Waals surface area contributed by atoms with Crippen LogP contribution in [-0.4, -0.2) is 23.8 Å². The summed E-state index contributed by atoms with van der Waals surface area (Å²) in [5.74, 6) is 0.613. The number of rotatable bonds is 5. The summed E-state index contributed by atoms with van der Waals surface area (Å²) < 4.78 is 5.17. The van der Waals surface area contributed by atoms with Crippen LogP contribution in [0.4, 0.5) is 11.4 Å². The van der Waals surface area contributed by atoms with E-state index in [0.717, 1.165) is 4.90 Å². The number of pyridine rings is 1. The summed E-state index contributed by atoms with van der Waals surface area (Å²) in [7, 11) is 1.53. The molecular weight excluding hydrogens is 310 g/mol. The number of carbonyl (C=O) groups excluding carboxylic acids is 1. The number of hydrogen-bond acceptors (Lipinski definition) is 5. The third-order valence-corrected chi connectivity index (χ3v) is 3.93. The summed E-state index contributed by atoms with van der Waals surface area (Å²) in [6.07, 6.45) is 3.19. The standard InChI is InChI=1S/C14H14ClN3O2S/c1-20-12-3-2-9(15)6-11(12)18-14(19)8-21-13-4-5-17-7-10(13)16/h2-7H,8,16H2,1H3,(H,18,19). The van der Waals surface area contributed by atoms with Crippen molar-refractivity contribution in [3.05, 3.63) is 41.7 Å². The summed E-state index contributed by atoms with van der Waals surface area (Å²) in [6, 6.07) is 6.81. The van der Waals surface area contributed by atoms with Crippen molar-refractivity contribution in [3.8, 4) is 5.75 Å². The van der Waals surface area contributed by atoms with Crippen molar-refractivity contribution < 1.29 is 9.53 Å². The van der Waals surface area contributed by atoms with E-state index in [1.54, 1.807) is 36.7 Å². The molecule has 0 saturated heterocycles. The Morgan fingerprint density at radius 3 is 3.00 bits per heavy atom. The summed E-state index contributed by atoms with van der Waals surface area (Å²) in [5.41, 5.74) is 6.86. The molecule has 21 heavy (non-hydrogen) atoms. The smallest absolute Gasteiger partial charge is 0.234 e. The van der Waals surface area contributed by atoms with E-state index < -0.39 is 0 Å². The Hall–Kier alpha value is -1.92. The molecule has 0 atom stereocenters. The number of benzene rings is 1. The minimum Gasteiger partial charge on any atom is -0.495 e. The maximum atomic E-state index is 12.0. The highest BCUT2D eigenvalue weighted by atomic mass is 35.5. The number of methoxy groups -OCH3 is 1. The van der Waals surface area contributed by atoms with Crippen LogP contribution in [0.25, 0.3) is 0 Å². The molecule has 0 aliphatic heterocycles. The number of nitrogens with zero attached hydrogens (tertiary/aromatic N) is 1. The van der Waals surface area contributed by atoms with Gasteiger partial charge in [-0.05, 0) is 24.3 Å². The molecule has 1 heterocycles. The number of thioether (sulfide) groups is 1. The number of anilines is 2. The quantitative estimate of drug-likeness (QED) is 0.827. The zero-order chi connectivity index (χ0) is 15.2. The van der Waals surface area contributed by atoms with Gasteiger partial charge in [0.05, 0.1) is 30.4 Å². The second-order valence-electron chi connectivity index (χ2n) is 4.09. The van der Waals surface area contributed by atoms with Gasteiger partial charge in [0.15, 0.2) is 0 Å². The van der Waals surface area contributed by atoms with E-state index in [4.69, 9.17) is 22.1 Å². The minimum absolute atomic E-state index is 0.170. The van der Waals surface area contributed by atoms with Crippen LogP contribution in [0.2, 0.25) is 5.02 Å². The van der Waals surface area contributed by atoms with Gasteiger partial charge in [-0.2, -0.15) is 0 Å². The molecule has 1 aromatic carbocycles. The Morgan fingerprint density at radius 2 is 2.29 bits per heavy atom.